The van der Waals surface area contributed by atoms with Crippen molar-refractivity contribution in [3.05, 3.63) is 18.2 Å². The number of hydrogen-bond acceptors (Lipinski definition) is 4. The third-order valence-corrected chi connectivity index (χ3v) is 2.11. The summed E-state index contributed by atoms with van der Waals surface area (Å²) in [4.78, 5) is 22.5. The van der Waals surface area contributed by atoms with Crippen LogP contribution in [0, 0.1) is 0 Å². The lowest BCUT2D eigenvalue weighted by molar-refractivity contribution is -0.134. The fourth-order valence-electron chi connectivity index (χ4n) is 1.16. The van der Waals surface area contributed by atoms with Crippen molar-refractivity contribution < 1.29 is 14.3 Å². The Morgan fingerprint density at radius 2 is 2.00 bits per heavy atom. The van der Waals surface area contributed by atoms with Gasteiger partial charge in [-0.2, -0.15) is 0 Å². The highest BCUT2D eigenvalue weighted by molar-refractivity contribution is 5.93. The lowest BCUT2D eigenvalue weighted by Gasteiger charge is -2.11. The van der Waals surface area contributed by atoms with Gasteiger partial charge in [-0.25, -0.2) is 0 Å². The Morgan fingerprint density at radius 1 is 1.29 bits per heavy atom. The zero-order valence-electron chi connectivity index (χ0n) is 9.95. The summed E-state index contributed by atoms with van der Waals surface area (Å²) in [5.74, 6) is -0.246. The second-order valence-electron chi connectivity index (χ2n) is 3.48. The van der Waals surface area contributed by atoms with Crippen LogP contribution < -0.4 is 15.8 Å². The smallest absolute Gasteiger partial charge is 0.310 e. The van der Waals surface area contributed by atoms with Gasteiger partial charge in [0.25, 0.3) is 0 Å². The standard InChI is InChI=1S/C12H16N2O3/c1-3-11(15)14-9-6-5-8(13)7-10(9)17-12(16)4-2/h5-7H,3-4,13H2,1-2H3,(H,14,15). The lowest BCUT2D eigenvalue weighted by atomic mass is 10.2. The third-order valence-electron chi connectivity index (χ3n) is 2.11. The molecule has 0 radical (unpaired) electrons. The topological polar surface area (TPSA) is 81.4 Å². The number of nitrogens with two attached hydrogens (primary N) is 1. The van der Waals surface area contributed by atoms with Crippen molar-refractivity contribution >= 4 is 23.3 Å². The second-order valence-corrected chi connectivity index (χ2v) is 3.48. The summed E-state index contributed by atoms with van der Waals surface area (Å²) < 4.78 is 5.09. The number of carbonyl (C=O) groups is 2. The Kier molecular flexibility index (Phi) is 4.51. The minimum atomic E-state index is -0.373. The molecule has 0 aliphatic rings. The van der Waals surface area contributed by atoms with Crippen molar-refractivity contribution in [2.75, 3.05) is 11.1 Å². The first kappa shape index (κ1) is 13.0. The van der Waals surface area contributed by atoms with Crippen LogP contribution in [-0.2, 0) is 9.59 Å². The number of nitrogen functional groups attached to an aromatic ring is 1. The van der Waals surface area contributed by atoms with E-state index in [1.165, 1.54) is 6.07 Å². The predicted molar refractivity (Wildman–Crippen MR) is 65.7 cm³/mol. The van der Waals surface area contributed by atoms with E-state index in [2.05, 4.69) is 5.32 Å². The lowest BCUT2D eigenvalue weighted by Crippen LogP contribution is -2.13. The van der Waals surface area contributed by atoms with E-state index >= 15 is 0 Å². The minimum Gasteiger partial charge on any atom is -0.424 e. The van der Waals surface area contributed by atoms with Gasteiger partial charge in [-0.15, -0.1) is 0 Å². The van der Waals surface area contributed by atoms with Crippen LogP contribution >= 0.6 is 0 Å². The van der Waals surface area contributed by atoms with E-state index < -0.39 is 0 Å². The fraction of sp³-hybridized carbons (Fsp3) is 0.333. The van der Waals surface area contributed by atoms with Crippen LogP contribution in [0.5, 0.6) is 5.75 Å². The van der Waals surface area contributed by atoms with E-state index in [9.17, 15) is 9.59 Å². The number of benzene rings is 1. The summed E-state index contributed by atoms with van der Waals surface area (Å²) in [6.07, 6.45) is 0.613. The molecule has 1 aromatic carbocycles. The fourth-order valence-corrected chi connectivity index (χ4v) is 1.16. The molecular weight excluding hydrogens is 220 g/mol. The molecule has 0 fully saturated rings. The molecule has 0 unspecified atom stereocenters. The van der Waals surface area contributed by atoms with Crippen LogP contribution in [0.15, 0.2) is 18.2 Å². The van der Waals surface area contributed by atoms with Crippen LogP contribution in [-0.4, -0.2) is 11.9 Å². The number of ether oxygens (including phenoxy) is 1. The number of esters is 1. The SMILES string of the molecule is CCC(=O)Nc1ccc(N)cc1OC(=O)CC. The third kappa shape index (κ3) is 3.79. The average Bonchev–Trinajstić information content (AvgIpc) is 2.32. The maximum Gasteiger partial charge on any atom is 0.310 e. The molecule has 92 valence electrons. The van der Waals surface area contributed by atoms with E-state index in [1.807, 2.05) is 0 Å². The Balaban J connectivity index is 2.95. The normalized spacial score (nSPS) is 9.76. The molecule has 0 heterocycles. The van der Waals surface area contributed by atoms with Gasteiger partial charge < -0.3 is 15.8 Å². The van der Waals surface area contributed by atoms with E-state index in [0.29, 0.717) is 17.8 Å². The van der Waals surface area contributed by atoms with Gasteiger partial charge in [-0.3, -0.25) is 9.59 Å². The minimum absolute atomic E-state index is 0.149. The Labute approximate surface area is 99.9 Å². The highest BCUT2D eigenvalue weighted by Gasteiger charge is 2.10. The van der Waals surface area contributed by atoms with Crippen LogP contribution in [0.3, 0.4) is 0 Å². The number of carbonyl (C=O) groups excluding carboxylic acids is 2. The Morgan fingerprint density at radius 3 is 2.59 bits per heavy atom. The zero-order chi connectivity index (χ0) is 12.8. The molecule has 0 bridgehead atoms. The number of nitrogens with one attached hydrogen (secondary N) is 1. The molecule has 3 N–H and O–H groups in total. The molecule has 0 saturated heterocycles. The second kappa shape index (κ2) is 5.89. The monoisotopic (exact) mass is 236 g/mol. The molecule has 5 heteroatoms. The summed E-state index contributed by atoms with van der Waals surface area (Å²) >= 11 is 0. The quantitative estimate of drug-likeness (QED) is 0.475. The zero-order valence-corrected chi connectivity index (χ0v) is 9.95. The van der Waals surface area contributed by atoms with E-state index in [4.69, 9.17) is 10.5 Å². The molecule has 0 atom stereocenters. The van der Waals surface area contributed by atoms with Gasteiger partial charge in [-0.05, 0) is 12.1 Å². The maximum atomic E-state index is 11.3. The first-order valence-corrected chi connectivity index (χ1v) is 5.46. The van der Waals surface area contributed by atoms with Gasteiger partial charge in [0.1, 0.15) is 0 Å². The van der Waals surface area contributed by atoms with Gasteiger partial charge in [0.05, 0.1) is 5.69 Å². The maximum absolute atomic E-state index is 11.3. The van der Waals surface area contributed by atoms with Gasteiger partial charge in [0, 0.05) is 24.6 Å². The summed E-state index contributed by atoms with van der Waals surface area (Å²) in [5.41, 5.74) is 6.53. The molecule has 1 aromatic rings. The summed E-state index contributed by atoms with van der Waals surface area (Å²) in [6, 6.07) is 4.76. The molecular formula is C12H16N2O3. The average molecular weight is 236 g/mol. The van der Waals surface area contributed by atoms with Gasteiger partial charge in [-0.1, -0.05) is 13.8 Å². The highest BCUT2D eigenvalue weighted by Crippen LogP contribution is 2.27. The first-order chi connectivity index (χ1) is 8.06. The summed E-state index contributed by atoms with van der Waals surface area (Å²) in [7, 11) is 0. The molecule has 17 heavy (non-hydrogen) atoms. The highest BCUT2D eigenvalue weighted by atomic mass is 16.5. The van der Waals surface area contributed by atoms with Crippen LogP contribution in [0.1, 0.15) is 26.7 Å². The molecule has 1 amide bonds. The van der Waals surface area contributed by atoms with Gasteiger partial charge in [0.15, 0.2) is 5.75 Å². The molecule has 0 spiro atoms. The molecule has 0 saturated carbocycles. The first-order valence-electron chi connectivity index (χ1n) is 5.46. The van der Waals surface area contributed by atoms with Crippen molar-refractivity contribution in [3.63, 3.8) is 0 Å². The van der Waals surface area contributed by atoms with E-state index in [1.54, 1.807) is 26.0 Å². The molecule has 0 aliphatic heterocycles. The Bertz CT molecular complexity index is 430. The van der Waals surface area contributed by atoms with Gasteiger partial charge in [0.2, 0.25) is 5.91 Å². The Hall–Kier alpha value is -2.04. The summed E-state index contributed by atoms with van der Waals surface area (Å²) in [5, 5.41) is 2.65. The van der Waals surface area contributed by atoms with E-state index in [-0.39, 0.29) is 24.0 Å². The van der Waals surface area contributed by atoms with Crippen LogP contribution in [0.25, 0.3) is 0 Å². The molecule has 1 rings (SSSR count). The van der Waals surface area contributed by atoms with E-state index in [0.717, 1.165) is 0 Å². The number of amides is 1. The van der Waals surface area contributed by atoms with Crippen molar-refractivity contribution in [3.8, 4) is 5.75 Å². The number of hydrogen-bond donors (Lipinski definition) is 2. The predicted octanol–water partition coefficient (Wildman–Crippen LogP) is 1.93. The molecule has 0 aromatic heterocycles. The number of rotatable bonds is 4. The summed E-state index contributed by atoms with van der Waals surface area (Å²) in [6.45, 7) is 3.43. The van der Waals surface area contributed by atoms with Crippen molar-refractivity contribution in [2.24, 2.45) is 0 Å². The van der Waals surface area contributed by atoms with Crippen LogP contribution in [0.2, 0.25) is 0 Å². The van der Waals surface area contributed by atoms with Gasteiger partial charge >= 0.3 is 5.97 Å². The van der Waals surface area contributed by atoms with Crippen molar-refractivity contribution in [1.82, 2.24) is 0 Å². The van der Waals surface area contributed by atoms with Crippen LogP contribution in [0.4, 0.5) is 11.4 Å². The molecule has 5 nitrogen and oxygen atoms in total. The number of anilines is 2. The van der Waals surface area contributed by atoms with Crippen molar-refractivity contribution in [2.45, 2.75) is 26.7 Å². The van der Waals surface area contributed by atoms with Crippen molar-refractivity contribution in [1.29, 1.82) is 0 Å². The largest absolute Gasteiger partial charge is 0.424 e. The molecule has 0 aliphatic carbocycles.